The number of anilines is 1. The summed E-state index contributed by atoms with van der Waals surface area (Å²) in [6.07, 6.45) is 0. The molecule has 0 unspecified atom stereocenters. The molecule has 116 valence electrons. The third kappa shape index (κ3) is 3.37. The Bertz CT molecular complexity index is 699. The Morgan fingerprint density at radius 2 is 1.77 bits per heavy atom. The van der Waals surface area contributed by atoms with E-state index in [2.05, 4.69) is 5.32 Å². The van der Waals surface area contributed by atoms with E-state index in [4.69, 9.17) is 27.9 Å². The Kier molecular flexibility index (Phi) is 4.99. The van der Waals surface area contributed by atoms with Crippen LogP contribution in [0.2, 0.25) is 10.0 Å². The fourth-order valence-corrected chi connectivity index (χ4v) is 2.44. The minimum Gasteiger partial charge on any atom is -0.496 e. The Labute approximate surface area is 140 Å². The number of benzene rings is 2. The molecule has 3 nitrogen and oxygen atoms in total. The molecule has 0 saturated heterocycles. The van der Waals surface area contributed by atoms with Crippen molar-refractivity contribution in [2.75, 3.05) is 12.4 Å². The number of ether oxygens (including phenoxy) is 1. The Morgan fingerprint density at radius 3 is 2.41 bits per heavy atom. The smallest absolute Gasteiger partial charge is 0.234 e. The Balaban J connectivity index is 2.28. The van der Waals surface area contributed by atoms with Crippen molar-refractivity contribution in [2.45, 2.75) is 19.3 Å². The minimum atomic E-state index is -0.765. The molecule has 2 rings (SSSR count). The summed E-state index contributed by atoms with van der Waals surface area (Å²) in [5.74, 6) is 0.521. The number of halogens is 2. The van der Waals surface area contributed by atoms with Crippen LogP contribution < -0.4 is 10.1 Å². The topological polar surface area (TPSA) is 38.3 Å². The van der Waals surface area contributed by atoms with Gasteiger partial charge in [-0.3, -0.25) is 4.79 Å². The monoisotopic (exact) mass is 337 g/mol. The molecule has 0 aromatic heterocycles. The Morgan fingerprint density at radius 1 is 1.09 bits per heavy atom. The van der Waals surface area contributed by atoms with E-state index in [1.54, 1.807) is 25.3 Å². The van der Waals surface area contributed by atoms with Crippen molar-refractivity contribution in [3.8, 4) is 5.75 Å². The molecule has 5 heteroatoms. The van der Waals surface area contributed by atoms with Gasteiger partial charge >= 0.3 is 0 Å². The summed E-state index contributed by atoms with van der Waals surface area (Å²) in [4.78, 5) is 12.7. The summed E-state index contributed by atoms with van der Waals surface area (Å²) >= 11 is 11.9. The van der Waals surface area contributed by atoms with Crippen LogP contribution in [0, 0.1) is 0 Å². The van der Waals surface area contributed by atoms with Gasteiger partial charge in [-0.2, -0.15) is 0 Å². The summed E-state index contributed by atoms with van der Waals surface area (Å²) in [5, 5.41) is 3.71. The van der Waals surface area contributed by atoms with Crippen LogP contribution in [0.3, 0.4) is 0 Å². The number of nitrogens with one attached hydrogen (secondary N) is 1. The summed E-state index contributed by atoms with van der Waals surface area (Å²) in [7, 11) is 1.59. The van der Waals surface area contributed by atoms with E-state index in [-0.39, 0.29) is 5.91 Å². The number of carbonyl (C=O) groups is 1. The van der Waals surface area contributed by atoms with Gasteiger partial charge in [0.25, 0.3) is 0 Å². The molecular formula is C17H17Cl2NO2. The van der Waals surface area contributed by atoms with Crippen molar-refractivity contribution in [3.05, 3.63) is 58.1 Å². The zero-order chi connectivity index (χ0) is 16.3. The van der Waals surface area contributed by atoms with Gasteiger partial charge in [0.2, 0.25) is 5.91 Å². The lowest BCUT2D eigenvalue weighted by Crippen LogP contribution is -2.35. The quantitative estimate of drug-likeness (QED) is 0.859. The van der Waals surface area contributed by atoms with Crippen LogP contribution in [-0.4, -0.2) is 13.0 Å². The number of hydrogen-bond acceptors (Lipinski definition) is 2. The first-order valence-corrected chi connectivity index (χ1v) is 7.52. The highest BCUT2D eigenvalue weighted by atomic mass is 35.5. The average Bonchev–Trinajstić information content (AvgIpc) is 2.50. The third-order valence-corrected chi connectivity index (χ3v) is 4.26. The molecule has 1 N–H and O–H groups in total. The normalized spacial score (nSPS) is 11.1. The van der Waals surface area contributed by atoms with Crippen LogP contribution >= 0.6 is 23.2 Å². The Hall–Kier alpha value is -1.71. The fraction of sp³-hybridized carbons (Fsp3) is 0.235. The van der Waals surface area contributed by atoms with Crippen LogP contribution in [-0.2, 0) is 10.2 Å². The summed E-state index contributed by atoms with van der Waals surface area (Å²) < 4.78 is 5.35. The minimum absolute atomic E-state index is 0.157. The highest BCUT2D eigenvalue weighted by Crippen LogP contribution is 2.33. The molecule has 0 aliphatic rings. The lowest BCUT2D eigenvalue weighted by Gasteiger charge is -2.26. The van der Waals surface area contributed by atoms with Gasteiger partial charge in [-0.05, 0) is 38.1 Å². The molecule has 0 bridgehead atoms. The number of carbonyl (C=O) groups excluding carboxylic acids is 1. The van der Waals surface area contributed by atoms with Crippen molar-refractivity contribution in [1.82, 2.24) is 0 Å². The van der Waals surface area contributed by atoms with Crippen molar-refractivity contribution in [3.63, 3.8) is 0 Å². The van der Waals surface area contributed by atoms with Crippen molar-refractivity contribution in [2.24, 2.45) is 0 Å². The van der Waals surface area contributed by atoms with E-state index in [1.807, 2.05) is 38.1 Å². The lowest BCUT2D eigenvalue weighted by atomic mass is 9.83. The fourth-order valence-electron chi connectivity index (χ4n) is 2.14. The molecule has 0 spiro atoms. The molecule has 22 heavy (non-hydrogen) atoms. The average molecular weight is 338 g/mol. The van der Waals surface area contributed by atoms with Gasteiger partial charge < -0.3 is 10.1 Å². The molecule has 2 aromatic rings. The highest BCUT2D eigenvalue weighted by Gasteiger charge is 2.32. The van der Waals surface area contributed by atoms with E-state index in [1.165, 1.54) is 0 Å². The number of para-hydroxylation sites is 1. The van der Waals surface area contributed by atoms with E-state index in [0.717, 1.165) is 5.56 Å². The molecule has 2 aromatic carbocycles. The summed E-state index contributed by atoms with van der Waals surface area (Å²) in [5.41, 5.74) is 0.649. The number of methoxy groups -OCH3 is 1. The van der Waals surface area contributed by atoms with Gasteiger partial charge in [0, 0.05) is 11.3 Å². The molecule has 0 saturated carbocycles. The van der Waals surface area contributed by atoms with Crippen LogP contribution in [0.4, 0.5) is 5.69 Å². The van der Waals surface area contributed by atoms with Crippen LogP contribution in [0.5, 0.6) is 5.75 Å². The van der Waals surface area contributed by atoms with Crippen LogP contribution in [0.1, 0.15) is 19.4 Å². The van der Waals surface area contributed by atoms with Crippen molar-refractivity contribution >= 4 is 34.8 Å². The maximum atomic E-state index is 12.7. The molecular weight excluding hydrogens is 321 g/mol. The van der Waals surface area contributed by atoms with Gasteiger partial charge in [0.05, 0.1) is 22.6 Å². The zero-order valence-electron chi connectivity index (χ0n) is 12.6. The first-order chi connectivity index (χ1) is 10.4. The molecule has 0 aliphatic heterocycles. The second-order valence-electron chi connectivity index (χ2n) is 5.41. The molecule has 0 fully saturated rings. The SMILES string of the molecule is COc1ccccc1C(C)(C)C(=O)Nc1ccc(Cl)c(Cl)c1. The van der Waals surface area contributed by atoms with E-state index < -0.39 is 5.41 Å². The zero-order valence-corrected chi connectivity index (χ0v) is 14.1. The van der Waals surface area contributed by atoms with Gasteiger partial charge in [0.15, 0.2) is 0 Å². The van der Waals surface area contributed by atoms with Gasteiger partial charge in [-0.1, -0.05) is 41.4 Å². The summed E-state index contributed by atoms with van der Waals surface area (Å²) in [6, 6.07) is 12.5. The predicted molar refractivity (Wildman–Crippen MR) is 91.1 cm³/mol. The van der Waals surface area contributed by atoms with Gasteiger partial charge in [0.1, 0.15) is 5.75 Å². The van der Waals surface area contributed by atoms with Crippen molar-refractivity contribution < 1.29 is 9.53 Å². The maximum absolute atomic E-state index is 12.7. The third-order valence-electron chi connectivity index (χ3n) is 3.53. The molecule has 0 radical (unpaired) electrons. The van der Waals surface area contributed by atoms with Crippen molar-refractivity contribution in [1.29, 1.82) is 0 Å². The van der Waals surface area contributed by atoms with Gasteiger partial charge in [-0.25, -0.2) is 0 Å². The number of rotatable bonds is 4. The van der Waals surface area contributed by atoms with Gasteiger partial charge in [-0.15, -0.1) is 0 Å². The van der Waals surface area contributed by atoms with E-state index in [0.29, 0.717) is 21.5 Å². The molecule has 1 amide bonds. The second-order valence-corrected chi connectivity index (χ2v) is 6.22. The lowest BCUT2D eigenvalue weighted by molar-refractivity contribution is -0.120. The number of amides is 1. The summed E-state index contributed by atoms with van der Waals surface area (Å²) in [6.45, 7) is 3.69. The first-order valence-electron chi connectivity index (χ1n) is 6.76. The molecule has 0 heterocycles. The largest absolute Gasteiger partial charge is 0.496 e. The number of hydrogen-bond donors (Lipinski definition) is 1. The second kappa shape index (κ2) is 6.59. The van der Waals surface area contributed by atoms with E-state index in [9.17, 15) is 4.79 Å². The molecule has 0 atom stereocenters. The standard InChI is InChI=1S/C17H17Cl2NO2/c1-17(2,12-6-4-5-7-15(12)22-3)16(21)20-11-8-9-13(18)14(19)10-11/h4-10H,1-3H3,(H,20,21). The van der Waals surface area contributed by atoms with Crippen LogP contribution in [0.25, 0.3) is 0 Å². The highest BCUT2D eigenvalue weighted by molar-refractivity contribution is 6.42. The molecule has 0 aliphatic carbocycles. The van der Waals surface area contributed by atoms with E-state index >= 15 is 0 Å². The van der Waals surface area contributed by atoms with Crippen LogP contribution in [0.15, 0.2) is 42.5 Å². The predicted octanol–water partition coefficient (Wildman–Crippen LogP) is 4.92. The maximum Gasteiger partial charge on any atom is 0.234 e. The first kappa shape index (κ1) is 16.7.